The largest absolute Gasteiger partial charge is 0.367 e. The van der Waals surface area contributed by atoms with Crippen LogP contribution < -0.4 is 5.32 Å². The van der Waals surface area contributed by atoms with E-state index in [9.17, 15) is 22.4 Å². The number of amides is 1. The van der Waals surface area contributed by atoms with Gasteiger partial charge in [-0.25, -0.2) is 8.78 Å². The lowest BCUT2D eigenvalue weighted by Crippen LogP contribution is -2.35. The minimum Gasteiger partial charge on any atom is -0.367 e. The minimum atomic E-state index is -4.19. The zero-order valence-electron chi connectivity index (χ0n) is 9.76. The van der Waals surface area contributed by atoms with Gasteiger partial charge in [0.2, 0.25) is 5.91 Å². The number of carbonyl (C=O) groups excluding carboxylic acids is 1. The molecule has 0 saturated carbocycles. The topological polar surface area (TPSA) is 50.7 Å². The number of ether oxygens (including phenoxy) is 1. The van der Waals surface area contributed by atoms with Gasteiger partial charge >= 0.3 is 12.3 Å². The van der Waals surface area contributed by atoms with Crippen molar-refractivity contribution >= 4 is 11.7 Å². The molecule has 0 spiro atoms. The van der Waals surface area contributed by atoms with Crippen LogP contribution >= 0.6 is 0 Å². The van der Waals surface area contributed by atoms with E-state index < -0.39 is 31.6 Å². The average molecular weight is 270 g/mol. The second-order valence-corrected chi connectivity index (χ2v) is 3.92. The van der Waals surface area contributed by atoms with Crippen molar-refractivity contribution in [3.63, 3.8) is 0 Å². The Labute approximate surface area is 101 Å². The van der Waals surface area contributed by atoms with E-state index in [0.717, 1.165) is 6.42 Å². The SMILES string of the molecule is CCCC1N=C(COCC(F)(F)C(F)F)NC1=O. The fourth-order valence-corrected chi connectivity index (χ4v) is 1.39. The number of halogens is 4. The van der Waals surface area contributed by atoms with Gasteiger partial charge in [0.05, 0.1) is 0 Å². The number of hydrogen-bond donors (Lipinski definition) is 1. The molecule has 18 heavy (non-hydrogen) atoms. The first-order valence-corrected chi connectivity index (χ1v) is 5.48. The molecule has 0 fully saturated rings. The number of nitrogens with one attached hydrogen (secondary N) is 1. The van der Waals surface area contributed by atoms with Gasteiger partial charge in [-0.05, 0) is 6.42 Å². The lowest BCUT2D eigenvalue weighted by Gasteiger charge is -2.14. The Morgan fingerprint density at radius 2 is 2.17 bits per heavy atom. The van der Waals surface area contributed by atoms with Gasteiger partial charge in [0.25, 0.3) is 0 Å². The summed E-state index contributed by atoms with van der Waals surface area (Å²) in [6.45, 7) is 0.0623. The van der Waals surface area contributed by atoms with Crippen molar-refractivity contribution in [2.45, 2.75) is 38.2 Å². The van der Waals surface area contributed by atoms with Gasteiger partial charge < -0.3 is 10.1 Å². The molecule has 0 radical (unpaired) electrons. The van der Waals surface area contributed by atoms with Crippen molar-refractivity contribution in [2.75, 3.05) is 13.2 Å². The van der Waals surface area contributed by atoms with Crippen LogP contribution in [0.25, 0.3) is 0 Å². The molecule has 8 heteroatoms. The summed E-state index contributed by atoms with van der Waals surface area (Å²) >= 11 is 0. The Balaban J connectivity index is 2.37. The Morgan fingerprint density at radius 1 is 1.50 bits per heavy atom. The van der Waals surface area contributed by atoms with Gasteiger partial charge in [-0.2, -0.15) is 8.78 Å². The third-order valence-corrected chi connectivity index (χ3v) is 2.30. The summed E-state index contributed by atoms with van der Waals surface area (Å²) in [5.41, 5.74) is 0. The number of aliphatic imine (C=N–C) groups is 1. The smallest absolute Gasteiger partial charge is 0.330 e. The molecule has 1 rings (SSSR count). The lowest BCUT2D eigenvalue weighted by molar-refractivity contribution is -0.162. The molecule has 0 aromatic rings. The van der Waals surface area contributed by atoms with Gasteiger partial charge in [-0.15, -0.1) is 0 Å². The second-order valence-electron chi connectivity index (χ2n) is 3.92. The molecule has 1 atom stereocenters. The summed E-state index contributed by atoms with van der Waals surface area (Å²) in [5.74, 6) is -4.41. The molecule has 1 unspecified atom stereocenters. The third kappa shape index (κ3) is 3.94. The van der Waals surface area contributed by atoms with E-state index in [-0.39, 0.29) is 11.7 Å². The predicted octanol–water partition coefficient (Wildman–Crippen LogP) is 1.60. The summed E-state index contributed by atoms with van der Waals surface area (Å²) in [4.78, 5) is 15.2. The number of carbonyl (C=O) groups is 1. The number of nitrogens with zero attached hydrogens (tertiary/aromatic N) is 1. The highest BCUT2D eigenvalue weighted by Crippen LogP contribution is 2.22. The maximum atomic E-state index is 12.5. The van der Waals surface area contributed by atoms with E-state index in [1.54, 1.807) is 0 Å². The lowest BCUT2D eigenvalue weighted by atomic mass is 10.2. The zero-order chi connectivity index (χ0) is 13.8. The molecule has 1 N–H and O–H groups in total. The van der Waals surface area contributed by atoms with Crippen LogP contribution in [0.15, 0.2) is 4.99 Å². The monoisotopic (exact) mass is 270 g/mol. The molecule has 1 aliphatic rings. The summed E-state index contributed by atoms with van der Waals surface area (Å²) in [5, 5.41) is 2.36. The molecule has 1 heterocycles. The Morgan fingerprint density at radius 3 is 2.72 bits per heavy atom. The van der Waals surface area contributed by atoms with E-state index in [1.807, 2.05) is 6.92 Å². The minimum absolute atomic E-state index is 0.100. The second kappa shape index (κ2) is 6.12. The number of alkyl halides is 4. The maximum absolute atomic E-state index is 12.5. The molecule has 1 aliphatic heterocycles. The molecule has 1 amide bonds. The molecular weight excluding hydrogens is 256 g/mol. The number of amidine groups is 1. The molecule has 0 aliphatic carbocycles. The van der Waals surface area contributed by atoms with E-state index >= 15 is 0 Å². The van der Waals surface area contributed by atoms with E-state index in [0.29, 0.717) is 6.42 Å². The summed E-state index contributed by atoms with van der Waals surface area (Å²) < 4.78 is 53.0. The average Bonchev–Trinajstić information content (AvgIpc) is 2.59. The molecular formula is C10H14F4N2O2. The van der Waals surface area contributed by atoms with Crippen LogP contribution in [0.2, 0.25) is 0 Å². The predicted molar refractivity (Wildman–Crippen MR) is 56.0 cm³/mol. The van der Waals surface area contributed by atoms with E-state index in [1.165, 1.54) is 0 Å². The molecule has 0 aromatic carbocycles. The van der Waals surface area contributed by atoms with Gasteiger partial charge in [0, 0.05) is 0 Å². The van der Waals surface area contributed by atoms with Crippen molar-refractivity contribution in [2.24, 2.45) is 4.99 Å². The van der Waals surface area contributed by atoms with E-state index in [4.69, 9.17) is 0 Å². The summed E-state index contributed by atoms with van der Waals surface area (Å²) in [6.07, 6.45) is -2.48. The summed E-state index contributed by atoms with van der Waals surface area (Å²) in [6, 6.07) is -0.538. The highest BCUT2D eigenvalue weighted by molar-refractivity contribution is 6.06. The molecule has 104 valence electrons. The maximum Gasteiger partial charge on any atom is 0.330 e. The van der Waals surface area contributed by atoms with Crippen molar-refractivity contribution in [3.05, 3.63) is 0 Å². The van der Waals surface area contributed by atoms with Gasteiger partial charge in [0.1, 0.15) is 25.1 Å². The number of rotatable bonds is 7. The zero-order valence-corrected chi connectivity index (χ0v) is 9.76. The first-order chi connectivity index (χ1) is 8.36. The Bertz CT molecular complexity index is 334. The van der Waals surface area contributed by atoms with Crippen molar-refractivity contribution in [3.8, 4) is 0 Å². The van der Waals surface area contributed by atoms with Crippen LogP contribution in [-0.4, -0.2) is 43.3 Å². The molecule has 0 saturated heterocycles. The highest BCUT2D eigenvalue weighted by atomic mass is 19.3. The van der Waals surface area contributed by atoms with Gasteiger partial charge in [-0.1, -0.05) is 13.3 Å². The number of hydrogen-bond acceptors (Lipinski definition) is 3. The highest BCUT2D eigenvalue weighted by Gasteiger charge is 2.41. The van der Waals surface area contributed by atoms with Crippen LogP contribution in [0.5, 0.6) is 0 Å². The molecule has 0 aromatic heterocycles. The van der Waals surface area contributed by atoms with Crippen LogP contribution in [0.4, 0.5) is 17.6 Å². The third-order valence-electron chi connectivity index (χ3n) is 2.30. The van der Waals surface area contributed by atoms with Crippen molar-refractivity contribution in [1.82, 2.24) is 5.32 Å². The summed E-state index contributed by atoms with van der Waals surface area (Å²) in [7, 11) is 0. The van der Waals surface area contributed by atoms with E-state index in [2.05, 4.69) is 15.0 Å². The first-order valence-electron chi connectivity index (χ1n) is 5.48. The normalized spacial score (nSPS) is 20.2. The van der Waals surface area contributed by atoms with Gasteiger partial charge in [-0.3, -0.25) is 9.79 Å². The Hall–Kier alpha value is -1.18. The van der Waals surface area contributed by atoms with Crippen LogP contribution in [-0.2, 0) is 9.53 Å². The van der Waals surface area contributed by atoms with Crippen molar-refractivity contribution in [1.29, 1.82) is 0 Å². The first kappa shape index (κ1) is 14.9. The fourth-order valence-electron chi connectivity index (χ4n) is 1.39. The van der Waals surface area contributed by atoms with Crippen LogP contribution in [0, 0.1) is 0 Å². The standard InChI is InChI=1S/C10H14F4N2O2/c1-2-3-6-8(17)16-7(15-6)4-18-5-10(13,14)9(11)12/h6,9H,2-5H2,1H3,(H,15,16,17). The van der Waals surface area contributed by atoms with Crippen LogP contribution in [0.3, 0.4) is 0 Å². The van der Waals surface area contributed by atoms with Crippen molar-refractivity contribution < 1.29 is 27.1 Å². The Kier molecular flexibility index (Phi) is 5.06. The quantitative estimate of drug-likeness (QED) is 0.714. The van der Waals surface area contributed by atoms with Gasteiger partial charge in [0.15, 0.2) is 0 Å². The fraction of sp³-hybridized carbons (Fsp3) is 0.800. The van der Waals surface area contributed by atoms with Crippen LogP contribution in [0.1, 0.15) is 19.8 Å². The molecule has 4 nitrogen and oxygen atoms in total. The molecule has 0 bridgehead atoms.